The molecule has 1 unspecified atom stereocenters. The Hall–Kier alpha value is -1.91. The largest absolute Gasteiger partial charge is 0.342 e. The third-order valence-electron chi connectivity index (χ3n) is 3.80. The minimum Gasteiger partial charge on any atom is -0.342 e. The van der Waals surface area contributed by atoms with Crippen LogP contribution in [0.4, 0.5) is 10.1 Å². The van der Waals surface area contributed by atoms with E-state index in [1.165, 1.54) is 11.0 Å². The Morgan fingerprint density at radius 1 is 1.40 bits per heavy atom. The number of anilines is 1. The van der Waals surface area contributed by atoms with Gasteiger partial charge in [0.25, 0.3) is 5.91 Å². The van der Waals surface area contributed by atoms with E-state index in [4.69, 9.17) is 0 Å². The van der Waals surface area contributed by atoms with Crippen LogP contribution in [0.15, 0.2) is 18.2 Å². The molecule has 1 aliphatic heterocycles. The average molecular weight is 278 g/mol. The van der Waals surface area contributed by atoms with Gasteiger partial charge in [0.15, 0.2) is 0 Å². The van der Waals surface area contributed by atoms with Crippen molar-refractivity contribution in [2.75, 3.05) is 11.4 Å². The van der Waals surface area contributed by atoms with Crippen LogP contribution in [0, 0.1) is 12.7 Å². The van der Waals surface area contributed by atoms with E-state index in [2.05, 4.69) is 5.32 Å². The summed E-state index contributed by atoms with van der Waals surface area (Å²) in [5.74, 6) is -0.891. The van der Waals surface area contributed by atoms with Crippen LogP contribution in [0.2, 0.25) is 0 Å². The maximum absolute atomic E-state index is 14.1. The number of carbonyl (C=O) groups is 2. The lowest BCUT2D eigenvalue weighted by molar-refractivity contribution is -0.129. The number of benzene rings is 1. The van der Waals surface area contributed by atoms with Crippen molar-refractivity contribution in [2.45, 2.75) is 39.2 Å². The van der Waals surface area contributed by atoms with Gasteiger partial charge in [-0.25, -0.2) is 4.39 Å². The summed E-state index contributed by atoms with van der Waals surface area (Å²) in [6.45, 7) is 5.49. The van der Waals surface area contributed by atoms with Crippen LogP contribution in [0.1, 0.15) is 32.3 Å². The molecule has 4 nitrogen and oxygen atoms in total. The quantitative estimate of drug-likeness (QED) is 0.901. The molecule has 0 saturated carbocycles. The zero-order chi connectivity index (χ0) is 14.9. The Bertz CT molecular complexity index is 559. The molecule has 1 heterocycles. The number of nitrogens with zero attached hydrogens (tertiary/aromatic N) is 1. The van der Waals surface area contributed by atoms with E-state index in [0.29, 0.717) is 6.42 Å². The molecule has 0 spiro atoms. The summed E-state index contributed by atoms with van der Waals surface area (Å²) in [6.07, 6.45) is 0.635. The van der Waals surface area contributed by atoms with Gasteiger partial charge in [-0.2, -0.15) is 0 Å². The molecule has 1 N–H and O–H groups in total. The number of rotatable bonds is 2. The highest BCUT2D eigenvalue weighted by molar-refractivity contribution is 6.04. The minimum atomic E-state index is -0.981. The molecule has 0 aromatic heterocycles. The fraction of sp³-hybridized carbons (Fsp3) is 0.467. The third-order valence-corrected chi connectivity index (χ3v) is 3.80. The molecule has 1 saturated heterocycles. The SMILES string of the molecule is CCC1(C)NC(=O)CCN(c2ccc(C)cc2F)C1=O. The lowest BCUT2D eigenvalue weighted by Gasteiger charge is -2.31. The molecule has 1 fully saturated rings. The van der Waals surface area contributed by atoms with Crippen molar-refractivity contribution >= 4 is 17.5 Å². The van der Waals surface area contributed by atoms with Crippen molar-refractivity contribution in [1.82, 2.24) is 5.32 Å². The first kappa shape index (κ1) is 14.5. The molecule has 2 amide bonds. The molecule has 1 atom stereocenters. The Balaban J connectivity index is 2.44. The second-order valence-electron chi connectivity index (χ2n) is 5.40. The molecule has 1 aliphatic rings. The fourth-order valence-electron chi connectivity index (χ4n) is 2.34. The number of hydrogen-bond acceptors (Lipinski definition) is 2. The van der Waals surface area contributed by atoms with Crippen molar-refractivity contribution in [2.24, 2.45) is 0 Å². The van der Waals surface area contributed by atoms with Gasteiger partial charge in [-0.3, -0.25) is 9.59 Å². The number of aryl methyl sites for hydroxylation is 1. The van der Waals surface area contributed by atoms with E-state index < -0.39 is 11.4 Å². The highest BCUT2D eigenvalue weighted by atomic mass is 19.1. The first-order valence-electron chi connectivity index (χ1n) is 6.76. The van der Waals surface area contributed by atoms with Crippen LogP contribution in [-0.2, 0) is 9.59 Å². The number of hydrogen-bond donors (Lipinski definition) is 1. The average Bonchev–Trinajstić information content (AvgIpc) is 2.50. The maximum atomic E-state index is 14.1. The zero-order valence-electron chi connectivity index (χ0n) is 12.0. The fourth-order valence-corrected chi connectivity index (χ4v) is 2.34. The van der Waals surface area contributed by atoms with Crippen LogP contribution in [0.5, 0.6) is 0 Å². The van der Waals surface area contributed by atoms with Crippen molar-refractivity contribution in [3.8, 4) is 0 Å². The topological polar surface area (TPSA) is 49.4 Å². The first-order valence-corrected chi connectivity index (χ1v) is 6.76. The Kier molecular flexibility index (Phi) is 3.79. The van der Waals surface area contributed by atoms with E-state index in [-0.39, 0.29) is 30.5 Å². The van der Waals surface area contributed by atoms with Gasteiger partial charge >= 0.3 is 0 Å². The van der Waals surface area contributed by atoms with Crippen LogP contribution < -0.4 is 10.2 Å². The molecule has 1 aromatic carbocycles. The van der Waals surface area contributed by atoms with E-state index in [9.17, 15) is 14.0 Å². The second kappa shape index (κ2) is 5.23. The number of carbonyl (C=O) groups excluding carboxylic acids is 2. The van der Waals surface area contributed by atoms with Gasteiger partial charge in [0.1, 0.15) is 11.4 Å². The van der Waals surface area contributed by atoms with E-state index in [1.54, 1.807) is 26.0 Å². The van der Waals surface area contributed by atoms with E-state index in [1.807, 2.05) is 6.92 Å². The normalized spacial score (nSPS) is 23.5. The number of amides is 2. The molecule has 0 aliphatic carbocycles. The van der Waals surface area contributed by atoms with Gasteiger partial charge in [-0.05, 0) is 38.0 Å². The van der Waals surface area contributed by atoms with Crippen molar-refractivity contribution in [3.63, 3.8) is 0 Å². The Morgan fingerprint density at radius 3 is 2.70 bits per heavy atom. The van der Waals surface area contributed by atoms with Crippen LogP contribution in [0.3, 0.4) is 0 Å². The second-order valence-corrected chi connectivity index (χ2v) is 5.40. The summed E-state index contributed by atoms with van der Waals surface area (Å²) >= 11 is 0. The minimum absolute atomic E-state index is 0.175. The van der Waals surface area contributed by atoms with Crippen LogP contribution in [0.25, 0.3) is 0 Å². The molecular formula is C15H19FN2O2. The molecule has 1 aromatic rings. The summed E-state index contributed by atoms with van der Waals surface area (Å²) in [4.78, 5) is 25.7. The zero-order valence-corrected chi connectivity index (χ0v) is 12.0. The summed E-state index contributed by atoms with van der Waals surface area (Å²) in [5, 5.41) is 2.73. The van der Waals surface area contributed by atoms with Gasteiger partial charge in [-0.15, -0.1) is 0 Å². The first-order chi connectivity index (χ1) is 9.37. The molecule has 20 heavy (non-hydrogen) atoms. The predicted molar refractivity (Wildman–Crippen MR) is 74.9 cm³/mol. The molecule has 108 valence electrons. The number of halogens is 1. The summed E-state index contributed by atoms with van der Waals surface area (Å²) < 4.78 is 14.1. The monoisotopic (exact) mass is 278 g/mol. The molecule has 0 radical (unpaired) electrons. The predicted octanol–water partition coefficient (Wildman–Crippen LogP) is 2.16. The summed E-state index contributed by atoms with van der Waals surface area (Å²) in [5.41, 5.74) is 0.0445. The Morgan fingerprint density at radius 2 is 2.10 bits per heavy atom. The molecular weight excluding hydrogens is 259 g/mol. The lowest BCUT2D eigenvalue weighted by Crippen LogP contribution is -2.55. The highest BCUT2D eigenvalue weighted by Gasteiger charge is 2.40. The van der Waals surface area contributed by atoms with Gasteiger partial charge < -0.3 is 10.2 Å². The molecule has 2 rings (SSSR count). The van der Waals surface area contributed by atoms with Gasteiger partial charge in [0.2, 0.25) is 5.91 Å². The summed E-state index contributed by atoms with van der Waals surface area (Å²) in [7, 11) is 0. The highest BCUT2D eigenvalue weighted by Crippen LogP contribution is 2.26. The van der Waals surface area contributed by atoms with Crippen molar-refractivity contribution in [3.05, 3.63) is 29.6 Å². The standard InChI is InChI=1S/C15H19FN2O2/c1-4-15(3)14(20)18(8-7-13(19)17-15)12-6-5-10(2)9-11(12)16/h5-6,9H,4,7-8H2,1-3H3,(H,17,19). The van der Waals surface area contributed by atoms with Gasteiger partial charge in [-0.1, -0.05) is 13.0 Å². The van der Waals surface area contributed by atoms with Crippen molar-refractivity contribution < 1.29 is 14.0 Å². The summed E-state index contributed by atoms with van der Waals surface area (Å²) in [6, 6.07) is 4.75. The smallest absolute Gasteiger partial charge is 0.252 e. The van der Waals surface area contributed by atoms with Gasteiger partial charge in [0.05, 0.1) is 5.69 Å². The van der Waals surface area contributed by atoms with E-state index >= 15 is 0 Å². The van der Waals surface area contributed by atoms with E-state index in [0.717, 1.165) is 5.56 Å². The number of nitrogens with one attached hydrogen (secondary N) is 1. The van der Waals surface area contributed by atoms with Crippen LogP contribution >= 0.6 is 0 Å². The third kappa shape index (κ3) is 2.53. The van der Waals surface area contributed by atoms with Crippen molar-refractivity contribution in [1.29, 1.82) is 0 Å². The molecule has 5 heteroatoms. The van der Waals surface area contributed by atoms with Crippen LogP contribution in [-0.4, -0.2) is 23.9 Å². The van der Waals surface area contributed by atoms with Gasteiger partial charge in [0, 0.05) is 13.0 Å². The molecule has 0 bridgehead atoms. The Labute approximate surface area is 118 Å². The lowest BCUT2D eigenvalue weighted by atomic mass is 9.97. The maximum Gasteiger partial charge on any atom is 0.252 e.